The van der Waals surface area contributed by atoms with E-state index in [1.807, 2.05) is 51.1 Å². The van der Waals surface area contributed by atoms with Crippen LogP contribution in [0.25, 0.3) is 6.08 Å². The molecule has 0 bridgehead atoms. The van der Waals surface area contributed by atoms with Crippen LogP contribution in [-0.2, 0) is 30.4 Å². The van der Waals surface area contributed by atoms with Gasteiger partial charge in [-0.2, -0.15) is 0 Å². The molecule has 0 amide bonds. The number of hydrogen-bond donors (Lipinski definition) is 2. The number of aliphatic carboxylic acids is 2. The molecule has 0 saturated heterocycles. The fourth-order valence-electron chi connectivity index (χ4n) is 7.60. The Bertz CT molecular complexity index is 2410. The Balaban J connectivity index is 0.000000487. The molecule has 11 heteroatoms. The Hall–Kier alpha value is -6.49. The van der Waals surface area contributed by atoms with E-state index in [0.717, 1.165) is 86.6 Å². The van der Waals surface area contributed by atoms with Crippen LogP contribution in [0.15, 0.2) is 118 Å². The number of carbonyl (C=O) groups excluding carboxylic acids is 3. The van der Waals surface area contributed by atoms with Crippen molar-refractivity contribution < 1.29 is 53.1 Å². The van der Waals surface area contributed by atoms with Crippen molar-refractivity contribution in [3.63, 3.8) is 0 Å². The smallest absolute Gasteiger partial charge is 0.331 e. The van der Waals surface area contributed by atoms with Crippen LogP contribution in [0.3, 0.4) is 0 Å². The summed E-state index contributed by atoms with van der Waals surface area (Å²) in [7, 11) is 0. The van der Waals surface area contributed by atoms with Crippen LogP contribution < -0.4 is 18.9 Å². The first-order valence-corrected chi connectivity index (χ1v) is 24.8. The number of carbonyl (C=O) groups is 5. The van der Waals surface area contributed by atoms with Crippen molar-refractivity contribution in [2.75, 3.05) is 0 Å². The molecular weight excluding hydrogens is 897 g/mol. The number of carboxylic acid groups (broad SMARTS) is 2. The molecular formula is C60H80O11. The highest BCUT2D eigenvalue weighted by atomic mass is 16.5. The van der Waals surface area contributed by atoms with E-state index in [9.17, 15) is 34.2 Å². The lowest BCUT2D eigenvalue weighted by Crippen LogP contribution is -2.32. The van der Waals surface area contributed by atoms with Crippen LogP contribution in [-0.4, -0.2) is 45.7 Å². The first kappa shape index (κ1) is 60.6. The Morgan fingerprint density at radius 3 is 1.63 bits per heavy atom. The fourth-order valence-corrected chi connectivity index (χ4v) is 7.60. The molecule has 1 atom stereocenters. The van der Waals surface area contributed by atoms with Gasteiger partial charge in [-0.15, -0.1) is 0 Å². The molecule has 3 rings (SSSR count). The summed E-state index contributed by atoms with van der Waals surface area (Å²) in [6, 6.07) is 8.60. The summed E-state index contributed by atoms with van der Waals surface area (Å²) >= 11 is 0. The highest BCUT2D eigenvalue weighted by Crippen LogP contribution is 2.38. The number of ether oxygens (including phenoxy) is 4. The van der Waals surface area contributed by atoms with Crippen LogP contribution in [0.1, 0.15) is 176 Å². The molecule has 1 heterocycles. The fraction of sp³-hybridized carbons (Fsp3) is 0.450. The topological polar surface area (TPSA) is 163 Å². The van der Waals surface area contributed by atoms with Crippen molar-refractivity contribution >= 4 is 35.9 Å². The van der Waals surface area contributed by atoms with Gasteiger partial charge in [-0.25, -0.2) is 9.59 Å². The van der Waals surface area contributed by atoms with Crippen molar-refractivity contribution in [2.24, 2.45) is 0 Å². The minimum atomic E-state index is -0.838. The Labute approximate surface area is 423 Å². The number of esters is 3. The van der Waals surface area contributed by atoms with Gasteiger partial charge in [-0.1, -0.05) is 76.5 Å². The van der Waals surface area contributed by atoms with Crippen LogP contribution >= 0.6 is 0 Å². The maximum Gasteiger partial charge on any atom is 0.331 e. The number of fused-ring (bicyclic) bond motifs is 1. The molecule has 0 radical (unpaired) electrons. The number of unbranched alkanes of at least 4 members (excludes halogenated alkanes) is 1. The van der Waals surface area contributed by atoms with Gasteiger partial charge in [0.2, 0.25) is 0 Å². The molecule has 2 aromatic carbocycles. The van der Waals surface area contributed by atoms with E-state index in [2.05, 4.69) is 78.0 Å². The van der Waals surface area contributed by atoms with Crippen molar-refractivity contribution in [1.82, 2.24) is 0 Å². The summed E-state index contributed by atoms with van der Waals surface area (Å²) in [6.07, 6.45) is 29.3. The third kappa shape index (κ3) is 25.8. The minimum Gasteiger partial charge on any atom is -0.483 e. The third-order valence-corrected chi connectivity index (χ3v) is 11.4. The molecule has 0 aliphatic carbocycles. The van der Waals surface area contributed by atoms with Gasteiger partial charge in [0, 0.05) is 43.0 Å². The largest absolute Gasteiger partial charge is 0.483 e. The number of hydrogen-bond acceptors (Lipinski definition) is 9. The first-order valence-electron chi connectivity index (χ1n) is 24.8. The molecule has 11 nitrogen and oxygen atoms in total. The van der Waals surface area contributed by atoms with Crippen LogP contribution in [0, 0.1) is 6.92 Å². The SMILES string of the molecule is CC(=O)Oc1cc(C)c2c(c1)C=CC(C)(CC/C=C(\C)CC/C=C(/CCCC=C(C)C)C(=O)O)O2.CC(=O)Oc1ccc(OC(C)=O)c(C/C=C(\C)CC/C=C(\C)CC/C=C(/CCC=C(C)C)C(=O)O)c1. The Morgan fingerprint density at radius 2 is 1.07 bits per heavy atom. The standard InChI is InChI=1S/C30H40O6.C30H40O5/c1-21(2)10-7-14-26(30(33)34)15-9-13-22(3)11-8-12-23(4)16-17-27-20-28(35-24(5)31)18-19-29(27)36-25(6)32;1-21(2)11-7-8-14-25(29(32)33)15-9-12-22(3)13-10-17-30(6)18-16-26-20-27(34-24(5)31)19-23(4)28(26)35-30/h10-11,15-16,18-20H,7-9,12-14,17H2,1-6H3,(H,33,34);11,13,15-16,18-20H,7-10,12,14,17H2,1-6H3,(H,32,33)/b22-11+,23-16+,26-15-;22-13+,25-15-. The summed E-state index contributed by atoms with van der Waals surface area (Å²) in [6.45, 7) is 22.5. The highest BCUT2D eigenvalue weighted by Gasteiger charge is 2.28. The van der Waals surface area contributed by atoms with Crippen LogP contribution in [0.4, 0.5) is 0 Å². The average Bonchev–Trinajstić information content (AvgIpc) is 3.26. The van der Waals surface area contributed by atoms with Gasteiger partial charge >= 0.3 is 29.8 Å². The maximum absolute atomic E-state index is 11.5. The molecule has 386 valence electrons. The molecule has 0 aromatic heterocycles. The van der Waals surface area contributed by atoms with E-state index >= 15 is 0 Å². The zero-order valence-electron chi connectivity index (χ0n) is 44.6. The summed E-state index contributed by atoms with van der Waals surface area (Å²) < 4.78 is 22.0. The molecule has 0 fully saturated rings. The van der Waals surface area contributed by atoms with Gasteiger partial charge in [-0.05, 0) is 194 Å². The van der Waals surface area contributed by atoms with Gasteiger partial charge in [0.15, 0.2) is 0 Å². The monoisotopic (exact) mass is 977 g/mol. The zero-order valence-corrected chi connectivity index (χ0v) is 44.6. The van der Waals surface area contributed by atoms with Crippen molar-refractivity contribution in [1.29, 1.82) is 0 Å². The first-order chi connectivity index (χ1) is 33.5. The average molecular weight is 977 g/mol. The van der Waals surface area contributed by atoms with Gasteiger partial charge in [0.05, 0.1) is 0 Å². The van der Waals surface area contributed by atoms with E-state index < -0.39 is 29.5 Å². The molecule has 71 heavy (non-hydrogen) atoms. The van der Waals surface area contributed by atoms with Gasteiger partial charge in [-0.3, -0.25) is 14.4 Å². The van der Waals surface area contributed by atoms with E-state index in [1.54, 1.807) is 18.2 Å². The lowest BCUT2D eigenvalue weighted by Gasteiger charge is -2.32. The quantitative estimate of drug-likeness (QED) is 0.0303. The second kappa shape index (κ2) is 31.7. The molecule has 1 unspecified atom stereocenters. The van der Waals surface area contributed by atoms with Crippen molar-refractivity contribution in [3.05, 3.63) is 135 Å². The zero-order chi connectivity index (χ0) is 53.1. The predicted octanol–water partition coefficient (Wildman–Crippen LogP) is 15.0. The molecule has 2 N–H and O–H groups in total. The summed E-state index contributed by atoms with van der Waals surface area (Å²) in [5, 5.41) is 18.9. The van der Waals surface area contributed by atoms with Crippen molar-refractivity contribution in [2.45, 2.75) is 179 Å². The summed E-state index contributed by atoms with van der Waals surface area (Å²) in [5.74, 6) is -0.596. The van der Waals surface area contributed by atoms with Gasteiger partial charge < -0.3 is 29.2 Å². The lowest BCUT2D eigenvalue weighted by molar-refractivity contribution is -0.133. The number of aryl methyl sites for hydroxylation is 1. The minimum absolute atomic E-state index is 0.341. The molecule has 1 aliphatic rings. The number of benzene rings is 2. The Kier molecular flexibility index (Phi) is 27.1. The Morgan fingerprint density at radius 1 is 0.563 bits per heavy atom. The van der Waals surface area contributed by atoms with Gasteiger partial charge in [0.1, 0.15) is 28.6 Å². The van der Waals surface area contributed by atoms with Crippen LogP contribution in [0.5, 0.6) is 23.0 Å². The second-order valence-electron chi connectivity index (χ2n) is 19.0. The second-order valence-corrected chi connectivity index (χ2v) is 19.0. The van der Waals surface area contributed by atoms with E-state index in [0.29, 0.717) is 54.1 Å². The summed E-state index contributed by atoms with van der Waals surface area (Å²) in [4.78, 5) is 56.9. The number of rotatable bonds is 26. The van der Waals surface area contributed by atoms with Crippen molar-refractivity contribution in [3.8, 4) is 23.0 Å². The lowest BCUT2D eigenvalue weighted by atomic mass is 9.93. The van der Waals surface area contributed by atoms with Crippen LogP contribution in [0.2, 0.25) is 0 Å². The number of carboxylic acids is 2. The normalized spacial score (nSPS) is 14.8. The van der Waals surface area contributed by atoms with E-state index in [1.165, 1.54) is 48.6 Å². The molecule has 0 spiro atoms. The maximum atomic E-state index is 11.5. The van der Waals surface area contributed by atoms with E-state index in [4.69, 9.17) is 18.9 Å². The number of allylic oxidation sites excluding steroid dienone is 12. The van der Waals surface area contributed by atoms with Gasteiger partial charge in [0.25, 0.3) is 0 Å². The van der Waals surface area contributed by atoms with E-state index in [-0.39, 0.29) is 5.97 Å². The summed E-state index contributed by atoms with van der Waals surface area (Å²) in [5.41, 5.74) is 9.32. The third-order valence-electron chi connectivity index (χ3n) is 11.4. The predicted molar refractivity (Wildman–Crippen MR) is 285 cm³/mol. The molecule has 2 aromatic rings. The highest BCUT2D eigenvalue weighted by molar-refractivity contribution is 5.87. The molecule has 1 aliphatic heterocycles. The molecule has 0 saturated carbocycles.